The van der Waals surface area contributed by atoms with Gasteiger partial charge in [-0.3, -0.25) is 4.79 Å². The Morgan fingerprint density at radius 2 is 1.90 bits per heavy atom. The average Bonchev–Trinajstić information content (AvgIpc) is 2.57. The van der Waals surface area contributed by atoms with Gasteiger partial charge in [0, 0.05) is 0 Å². The Labute approximate surface area is 129 Å². The monoisotopic (exact) mass is 310 g/mol. The zero-order valence-electron chi connectivity index (χ0n) is 14.4. The van der Waals surface area contributed by atoms with Crippen LogP contribution in [0.3, 0.4) is 0 Å². The molecule has 3 nitrogen and oxygen atoms in total. The summed E-state index contributed by atoms with van der Waals surface area (Å²) < 4.78 is 12.0. The molecule has 2 bridgehead atoms. The summed E-state index contributed by atoms with van der Waals surface area (Å²) in [5, 5.41) is 0.183. The number of fused-ring (bicyclic) bond motifs is 1. The maximum Gasteiger partial charge on any atom is 0.311 e. The summed E-state index contributed by atoms with van der Waals surface area (Å²) in [5.41, 5.74) is -0.201. The Hall–Kier alpha value is -0.353. The van der Waals surface area contributed by atoms with Crippen LogP contribution in [0.25, 0.3) is 0 Å². The van der Waals surface area contributed by atoms with Crippen molar-refractivity contribution < 1.29 is 14.0 Å². The molecule has 0 radical (unpaired) electrons. The molecule has 5 atom stereocenters. The Morgan fingerprint density at radius 1 is 1.24 bits per heavy atom. The molecule has 0 aromatic rings. The van der Waals surface area contributed by atoms with Gasteiger partial charge in [-0.1, -0.05) is 20.8 Å². The summed E-state index contributed by atoms with van der Waals surface area (Å²) >= 11 is 0. The van der Waals surface area contributed by atoms with E-state index in [2.05, 4.69) is 33.9 Å². The predicted molar refractivity (Wildman–Crippen MR) is 85.5 cm³/mol. The van der Waals surface area contributed by atoms with E-state index in [1.807, 2.05) is 0 Å². The third kappa shape index (κ3) is 2.05. The van der Waals surface area contributed by atoms with Crippen LogP contribution in [0.1, 0.15) is 46.5 Å². The highest BCUT2D eigenvalue weighted by Gasteiger charge is 2.71. The molecule has 3 aliphatic carbocycles. The molecule has 120 valence electrons. The van der Waals surface area contributed by atoms with Crippen LogP contribution >= 0.6 is 0 Å². The van der Waals surface area contributed by atoms with Crippen LogP contribution in [0.2, 0.25) is 18.1 Å². The van der Waals surface area contributed by atoms with Gasteiger partial charge in [-0.05, 0) is 61.6 Å². The summed E-state index contributed by atoms with van der Waals surface area (Å²) in [5.74, 6) is 1.92. The minimum Gasteiger partial charge on any atom is -0.469 e. The lowest BCUT2D eigenvalue weighted by Gasteiger charge is -2.61. The average molecular weight is 311 g/mol. The van der Waals surface area contributed by atoms with E-state index >= 15 is 0 Å². The molecule has 0 spiro atoms. The van der Waals surface area contributed by atoms with Gasteiger partial charge in [0.15, 0.2) is 8.32 Å². The van der Waals surface area contributed by atoms with E-state index in [0.717, 1.165) is 12.3 Å². The lowest BCUT2D eigenvalue weighted by molar-refractivity contribution is -0.205. The molecule has 0 aromatic heterocycles. The van der Waals surface area contributed by atoms with Gasteiger partial charge < -0.3 is 9.16 Å². The van der Waals surface area contributed by atoms with Crippen molar-refractivity contribution in [1.29, 1.82) is 0 Å². The van der Waals surface area contributed by atoms with Crippen molar-refractivity contribution >= 4 is 14.3 Å². The first-order chi connectivity index (χ1) is 9.62. The molecule has 3 aliphatic rings. The van der Waals surface area contributed by atoms with Gasteiger partial charge in [0.2, 0.25) is 0 Å². The first-order valence-corrected chi connectivity index (χ1v) is 11.3. The van der Waals surface area contributed by atoms with Crippen molar-refractivity contribution in [2.24, 2.45) is 23.7 Å². The van der Waals surface area contributed by atoms with Crippen molar-refractivity contribution in [1.82, 2.24) is 0 Å². The summed E-state index contributed by atoms with van der Waals surface area (Å²) in [6.07, 6.45) is 4.78. The van der Waals surface area contributed by atoms with Crippen molar-refractivity contribution in [3.05, 3.63) is 0 Å². The molecule has 3 saturated carbocycles. The topological polar surface area (TPSA) is 35.5 Å². The van der Waals surface area contributed by atoms with Crippen LogP contribution in [-0.4, -0.2) is 27.0 Å². The molecule has 3 fully saturated rings. The van der Waals surface area contributed by atoms with Gasteiger partial charge in [-0.15, -0.1) is 0 Å². The van der Waals surface area contributed by atoms with Crippen LogP contribution in [0, 0.1) is 23.7 Å². The maximum absolute atomic E-state index is 12.4. The standard InChI is InChI=1S/C17H30O3Si/c1-16(2,3)21(5,6)20-17-8-7-11-9-12(13(17)10-11)14(17)15(18)19-4/h11-14H,7-10H2,1-6H3/t11-,12+,13-,14+,17+/m1/s1. The highest BCUT2D eigenvalue weighted by Crippen LogP contribution is 2.68. The molecule has 3 rings (SSSR count). The van der Waals surface area contributed by atoms with Crippen LogP contribution in [0.5, 0.6) is 0 Å². The number of carbonyl (C=O) groups is 1. The summed E-state index contributed by atoms with van der Waals surface area (Å²) in [6.45, 7) is 11.5. The molecule has 0 N–H and O–H groups in total. The maximum atomic E-state index is 12.4. The fourth-order valence-corrected chi connectivity index (χ4v) is 6.55. The summed E-state index contributed by atoms with van der Waals surface area (Å²) in [6, 6.07) is 0. The van der Waals surface area contributed by atoms with E-state index in [1.54, 1.807) is 0 Å². The van der Waals surface area contributed by atoms with Crippen molar-refractivity contribution in [3.63, 3.8) is 0 Å². The highest BCUT2D eigenvalue weighted by atomic mass is 28.4. The van der Waals surface area contributed by atoms with Gasteiger partial charge in [0.1, 0.15) is 0 Å². The Kier molecular flexibility index (Phi) is 3.38. The molecule has 0 aromatic carbocycles. The van der Waals surface area contributed by atoms with Crippen LogP contribution in [0.4, 0.5) is 0 Å². The summed E-state index contributed by atoms with van der Waals surface area (Å²) in [4.78, 5) is 12.4. The van der Waals surface area contributed by atoms with E-state index in [9.17, 15) is 4.79 Å². The zero-order valence-corrected chi connectivity index (χ0v) is 15.4. The predicted octanol–water partition coefficient (Wildman–Crippen LogP) is 3.99. The van der Waals surface area contributed by atoms with E-state index in [-0.39, 0.29) is 22.5 Å². The number of hydrogen-bond acceptors (Lipinski definition) is 3. The van der Waals surface area contributed by atoms with Gasteiger partial charge in [-0.2, -0.15) is 0 Å². The van der Waals surface area contributed by atoms with E-state index in [1.165, 1.54) is 26.4 Å². The second-order valence-corrected chi connectivity index (χ2v) is 13.7. The number of rotatable bonds is 3. The normalized spacial score (nSPS) is 41.6. The largest absolute Gasteiger partial charge is 0.469 e. The SMILES string of the molecule is COC(=O)[C@@H]1[C@H]2C[C@H]3CC[C@]1(O[Si](C)(C)C(C)(C)C)[C@@H]2C3. The number of hydrogen-bond donors (Lipinski definition) is 0. The van der Waals surface area contributed by atoms with E-state index in [0.29, 0.717) is 11.8 Å². The number of carbonyl (C=O) groups excluding carboxylic acids is 1. The van der Waals surface area contributed by atoms with Gasteiger partial charge in [0.25, 0.3) is 0 Å². The Bertz CT molecular complexity index is 453. The molecule has 0 amide bonds. The van der Waals surface area contributed by atoms with Crippen molar-refractivity contribution in [2.45, 2.75) is 70.2 Å². The zero-order chi connectivity index (χ0) is 15.6. The minimum absolute atomic E-state index is 0.00544. The minimum atomic E-state index is -1.87. The first-order valence-electron chi connectivity index (χ1n) is 8.40. The van der Waals surface area contributed by atoms with Crippen LogP contribution < -0.4 is 0 Å². The van der Waals surface area contributed by atoms with E-state index < -0.39 is 8.32 Å². The molecule has 0 aliphatic heterocycles. The lowest BCUT2D eigenvalue weighted by atomic mass is 9.53. The quantitative estimate of drug-likeness (QED) is 0.584. The lowest BCUT2D eigenvalue weighted by Crippen LogP contribution is -2.69. The van der Waals surface area contributed by atoms with Crippen LogP contribution in [0.15, 0.2) is 0 Å². The molecular weight excluding hydrogens is 280 g/mol. The first kappa shape index (κ1) is 15.5. The Balaban J connectivity index is 1.92. The van der Waals surface area contributed by atoms with Gasteiger partial charge >= 0.3 is 5.97 Å². The van der Waals surface area contributed by atoms with Crippen molar-refractivity contribution in [2.75, 3.05) is 7.11 Å². The number of esters is 1. The molecular formula is C17H30O3Si. The smallest absolute Gasteiger partial charge is 0.311 e. The molecule has 0 saturated heterocycles. The second kappa shape index (κ2) is 4.57. The third-order valence-corrected chi connectivity index (χ3v) is 11.4. The second-order valence-electron chi connectivity index (χ2n) is 8.96. The van der Waals surface area contributed by atoms with Gasteiger partial charge in [-0.25, -0.2) is 0 Å². The van der Waals surface area contributed by atoms with Crippen LogP contribution in [-0.2, 0) is 14.0 Å². The number of ether oxygens (including phenoxy) is 1. The van der Waals surface area contributed by atoms with Gasteiger partial charge in [0.05, 0.1) is 18.6 Å². The molecule has 4 heteroatoms. The molecule has 0 unspecified atom stereocenters. The highest BCUT2D eigenvalue weighted by molar-refractivity contribution is 6.74. The summed E-state index contributed by atoms with van der Waals surface area (Å²) in [7, 11) is -0.350. The van der Waals surface area contributed by atoms with E-state index in [4.69, 9.17) is 9.16 Å². The van der Waals surface area contributed by atoms with Crippen molar-refractivity contribution in [3.8, 4) is 0 Å². The number of methoxy groups -OCH3 is 1. The third-order valence-electron chi connectivity index (χ3n) is 6.94. The Morgan fingerprint density at radius 3 is 2.48 bits per heavy atom. The fraction of sp³-hybridized carbons (Fsp3) is 0.941. The molecule has 21 heavy (non-hydrogen) atoms. The fourth-order valence-electron chi connectivity index (χ4n) is 4.91. The molecule has 0 heterocycles.